The third-order valence-electron chi connectivity index (χ3n) is 2.17. The topological polar surface area (TPSA) is 18.5 Å². The highest BCUT2D eigenvalue weighted by Gasteiger charge is 2.15. The summed E-state index contributed by atoms with van der Waals surface area (Å²) in [6.07, 6.45) is 4.13. The van der Waals surface area contributed by atoms with Gasteiger partial charge in [-0.1, -0.05) is 6.92 Å². The van der Waals surface area contributed by atoms with E-state index in [1.807, 2.05) is 0 Å². The molecular formula is C9H18O2. The van der Waals surface area contributed by atoms with E-state index in [0.29, 0.717) is 12.2 Å². The maximum absolute atomic E-state index is 5.76. The van der Waals surface area contributed by atoms with Gasteiger partial charge in [0, 0.05) is 13.2 Å². The molecule has 1 rings (SSSR count). The Morgan fingerprint density at radius 1 is 1.45 bits per heavy atom. The van der Waals surface area contributed by atoms with Crippen molar-refractivity contribution >= 4 is 0 Å². The molecule has 1 heterocycles. The van der Waals surface area contributed by atoms with Crippen molar-refractivity contribution in [3.05, 3.63) is 0 Å². The lowest BCUT2D eigenvalue weighted by atomic mass is 10.1. The molecule has 1 saturated heterocycles. The lowest BCUT2D eigenvalue weighted by molar-refractivity contribution is -0.0629. The summed E-state index contributed by atoms with van der Waals surface area (Å²) in [5, 5.41) is 0. The Hall–Kier alpha value is -0.0800. The van der Waals surface area contributed by atoms with Gasteiger partial charge in [-0.3, -0.25) is 0 Å². The van der Waals surface area contributed by atoms with E-state index < -0.39 is 0 Å². The summed E-state index contributed by atoms with van der Waals surface area (Å²) in [5.74, 6) is 0. The smallest absolute Gasteiger partial charge is 0.0622 e. The van der Waals surface area contributed by atoms with Gasteiger partial charge < -0.3 is 9.47 Å². The van der Waals surface area contributed by atoms with E-state index in [9.17, 15) is 0 Å². The molecule has 0 aromatic rings. The standard InChI is InChI=1S/C9H18O2/c1-3-8(2)11-9-4-6-10-7-5-9/h8-9H,3-7H2,1-2H3/t8-/m1/s1. The molecule has 0 spiro atoms. The predicted octanol–water partition coefficient (Wildman–Crippen LogP) is 1.98. The molecule has 2 heteroatoms. The van der Waals surface area contributed by atoms with Crippen LogP contribution in [-0.4, -0.2) is 25.4 Å². The molecule has 2 nitrogen and oxygen atoms in total. The van der Waals surface area contributed by atoms with Gasteiger partial charge in [0.15, 0.2) is 0 Å². The second kappa shape index (κ2) is 4.73. The Labute approximate surface area is 68.9 Å². The summed E-state index contributed by atoms with van der Waals surface area (Å²) < 4.78 is 11.0. The number of hydrogen-bond donors (Lipinski definition) is 0. The minimum absolute atomic E-state index is 0.415. The number of rotatable bonds is 3. The van der Waals surface area contributed by atoms with Crippen molar-refractivity contribution in [3.8, 4) is 0 Å². The number of ether oxygens (including phenoxy) is 2. The lowest BCUT2D eigenvalue weighted by Crippen LogP contribution is -2.26. The summed E-state index contributed by atoms with van der Waals surface area (Å²) >= 11 is 0. The Morgan fingerprint density at radius 3 is 2.64 bits per heavy atom. The van der Waals surface area contributed by atoms with Gasteiger partial charge in [0.05, 0.1) is 12.2 Å². The van der Waals surface area contributed by atoms with Gasteiger partial charge in [-0.2, -0.15) is 0 Å². The molecule has 11 heavy (non-hydrogen) atoms. The van der Waals surface area contributed by atoms with Crippen molar-refractivity contribution < 1.29 is 9.47 Å². The van der Waals surface area contributed by atoms with Crippen LogP contribution in [0.25, 0.3) is 0 Å². The van der Waals surface area contributed by atoms with Crippen molar-refractivity contribution in [3.63, 3.8) is 0 Å². The van der Waals surface area contributed by atoms with Crippen molar-refractivity contribution in [2.45, 2.75) is 45.3 Å². The van der Waals surface area contributed by atoms with Crippen molar-refractivity contribution in [2.75, 3.05) is 13.2 Å². The molecule has 0 radical (unpaired) electrons. The summed E-state index contributed by atoms with van der Waals surface area (Å²) in [5.41, 5.74) is 0. The Morgan fingerprint density at radius 2 is 2.09 bits per heavy atom. The van der Waals surface area contributed by atoms with Gasteiger partial charge in [0.1, 0.15) is 0 Å². The fraction of sp³-hybridized carbons (Fsp3) is 1.00. The maximum atomic E-state index is 5.76. The van der Waals surface area contributed by atoms with Crippen molar-refractivity contribution in [1.82, 2.24) is 0 Å². The van der Waals surface area contributed by atoms with Crippen LogP contribution >= 0.6 is 0 Å². The first-order chi connectivity index (χ1) is 5.33. The molecule has 0 aromatic heterocycles. The van der Waals surface area contributed by atoms with Crippen LogP contribution in [0.3, 0.4) is 0 Å². The molecule has 0 bridgehead atoms. The van der Waals surface area contributed by atoms with Crippen LogP contribution < -0.4 is 0 Å². The minimum atomic E-state index is 0.415. The van der Waals surface area contributed by atoms with Gasteiger partial charge >= 0.3 is 0 Å². The van der Waals surface area contributed by atoms with E-state index in [-0.39, 0.29) is 0 Å². The maximum Gasteiger partial charge on any atom is 0.0622 e. The van der Waals surface area contributed by atoms with Crippen LogP contribution in [-0.2, 0) is 9.47 Å². The Kier molecular flexibility index (Phi) is 3.87. The first kappa shape index (κ1) is 9.01. The van der Waals surface area contributed by atoms with Crippen LogP contribution in [0.2, 0.25) is 0 Å². The first-order valence-corrected chi connectivity index (χ1v) is 4.56. The van der Waals surface area contributed by atoms with Crippen LogP contribution in [0, 0.1) is 0 Å². The predicted molar refractivity (Wildman–Crippen MR) is 44.7 cm³/mol. The van der Waals surface area contributed by atoms with Crippen molar-refractivity contribution in [1.29, 1.82) is 0 Å². The molecule has 0 amide bonds. The second-order valence-electron chi connectivity index (χ2n) is 3.17. The normalized spacial score (nSPS) is 23.5. The van der Waals surface area contributed by atoms with E-state index in [1.165, 1.54) is 0 Å². The Bertz CT molecular complexity index is 97.7. The third kappa shape index (κ3) is 3.21. The average Bonchev–Trinajstić information content (AvgIpc) is 2.06. The monoisotopic (exact) mass is 158 g/mol. The zero-order valence-corrected chi connectivity index (χ0v) is 7.51. The third-order valence-corrected chi connectivity index (χ3v) is 2.17. The fourth-order valence-electron chi connectivity index (χ4n) is 1.24. The molecule has 66 valence electrons. The molecule has 0 N–H and O–H groups in total. The van der Waals surface area contributed by atoms with Crippen LogP contribution in [0.15, 0.2) is 0 Å². The van der Waals surface area contributed by atoms with Crippen LogP contribution in [0.1, 0.15) is 33.1 Å². The lowest BCUT2D eigenvalue weighted by Gasteiger charge is -2.25. The van der Waals surface area contributed by atoms with Crippen LogP contribution in [0.4, 0.5) is 0 Å². The molecule has 0 unspecified atom stereocenters. The van der Waals surface area contributed by atoms with Gasteiger partial charge in [-0.25, -0.2) is 0 Å². The largest absolute Gasteiger partial charge is 0.381 e. The summed E-state index contributed by atoms with van der Waals surface area (Å²) in [7, 11) is 0. The van der Waals surface area contributed by atoms with E-state index in [0.717, 1.165) is 32.5 Å². The van der Waals surface area contributed by atoms with Gasteiger partial charge in [0.2, 0.25) is 0 Å². The summed E-state index contributed by atoms with van der Waals surface area (Å²) in [6, 6.07) is 0. The van der Waals surface area contributed by atoms with E-state index in [1.54, 1.807) is 0 Å². The van der Waals surface area contributed by atoms with Gasteiger partial charge in [-0.15, -0.1) is 0 Å². The SMILES string of the molecule is CC[C@@H](C)OC1CCOCC1. The Balaban J connectivity index is 2.13. The highest BCUT2D eigenvalue weighted by molar-refractivity contribution is 4.63. The summed E-state index contributed by atoms with van der Waals surface area (Å²) in [6.45, 7) is 6.04. The summed E-state index contributed by atoms with van der Waals surface area (Å²) in [4.78, 5) is 0. The van der Waals surface area contributed by atoms with Crippen LogP contribution in [0.5, 0.6) is 0 Å². The quantitative estimate of drug-likeness (QED) is 0.625. The molecular weight excluding hydrogens is 140 g/mol. The molecule has 1 atom stereocenters. The molecule has 0 saturated carbocycles. The first-order valence-electron chi connectivity index (χ1n) is 4.56. The second-order valence-corrected chi connectivity index (χ2v) is 3.17. The molecule has 0 aliphatic carbocycles. The fourth-order valence-corrected chi connectivity index (χ4v) is 1.24. The van der Waals surface area contributed by atoms with E-state index in [2.05, 4.69) is 13.8 Å². The highest BCUT2D eigenvalue weighted by Crippen LogP contribution is 2.13. The average molecular weight is 158 g/mol. The highest BCUT2D eigenvalue weighted by atomic mass is 16.5. The molecule has 1 aliphatic rings. The zero-order chi connectivity index (χ0) is 8.10. The van der Waals surface area contributed by atoms with E-state index in [4.69, 9.17) is 9.47 Å². The number of hydrogen-bond acceptors (Lipinski definition) is 2. The molecule has 0 aromatic carbocycles. The van der Waals surface area contributed by atoms with E-state index >= 15 is 0 Å². The minimum Gasteiger partial charge on any atom is -0.381 e. The molecule has 1 aliphatic heterocycles. The molecule has 1 fully saturated rings. The van der Waals surface area contributed by atoms with Gasteiger partial charge in [0.25, 0.3) is 0 Å². The van der Waals surface area contributed by atoms with Crippen molar-refractivity contribution in [2.24, 2.45) is 0 Å². The van der Waals surface area contributed by atoms with Gasteiger partial charge in [-0.05, 0) is 26.2 Å². The zero-order valence-electron chi connectivity index (χ0n) is 7.51.